The molecule has 0 saturated carbocycles. The number of carbonyl (C=O) groups is 1. The highest BCUT2D eigenvalue weighted by Crippen LogP contribution is 2.25. The van der Waals surface area contributed by atoms with Gasteiger partial charge in [-0.1, -0.05) is 11.6 Å². The van der Waals surface area contributed by atoms with Crippen LogP contribution in [0.15, 0.2) is 23.8 Å². The lowest BCUT2D eigenvalue weighted by atomic mass is 10.1. The van der Waals surface area contributed by atoms with Crippen LogP contribution in [0, 0.1) is 10.1 Å². The maximum absolute atomic E-state index is 11.4. The lowest BCUT2D eigenvalue weighted by Gasteiger charge is -2.02. The molecule has 0 aliphatic carbocycles. The number of ether oxygens (including phenoxy) is 1. The average Bonchev–Trinajstić information content (AvgIpc) is 2.31. The first-order valence-electron chi connectivity index (χ1n) is 5.25. The van der Waals surface area contributed by atoms with Crippen LogP contribution < -0.4 is 0 Å². The maximum atomic E-state index is 11.4. The number of carbonyl (C=O) groups excluding carboxylic acids is 1. The third kappa shape index (κ3) is 3.56. The number of nitrogens with zero attached hydrogens (tertiary/aromatic N) is 1. The molecule has 1 aromatic rings. The molecule has 5 nitrogen and oxygen atoms in total. The number of hydrogen-bond donors (Lipinski definition) is 0. The van der Waals surface area contributed by atoms with Crippen LogP contribution in [0.3, 0.4) is 0 Å². The Morgan fingerprint density at radius 2 is 2.22 bits per heavy atom. The second-order valence-corrected chi connectivity index (χ2v) is 3.94. The molecule has 0 unspecified atom stereocenters. The van der Waals surface area contributed by atoms with Crippen LogP contribution in [-0.2, 0) is 9.53 Å². The van der Waals surface area contributed by atoms with Gasteiger partial charge < -0.3 is 4.74 Å². The first-order chi connectivity index (χ1) is 8.45. The molecule has 0 N–H and O–H groups in total. The molecule has 0 bridgehead atoms. The van der Waals surface area contributed by atoms with E-state index in [-0.39, 0.29) is 17.3 Å². The largest absolute Gasteiger partial charge is 0.463 e. The first-order valence-corrected chi connectivity index (χ1v) is 5.63. The summed E-state index contributed by atoms with van der Waals surface area (Å²) in [6.45, 7) is 3.49. The van der Waals surface area contributed by atoms with Crippen molar-refractivity contribution >= 4 is 29.3 Å². The van der Waals surface area contributed by atoms with Crippen LogP contribution in [0.1, 0.15) is 19.4 Å². The van der Waals surface area contributed by atoms with Gasteiger partial charge in [-0.15, -0.1) is 0 Å². The summed E-state index contributed by atoms with van der Waals surface area (Å²) in [5.41, 5.74) is 0.461. The zero-order valence-electron chi connectivity index (χ0n) is 9.97. The minimum atomic E-state index is -0.545. The normalized spacial score (nSPS) is 11.2. The SMILES string of the molecule is CCOC(=O)C(C)=Cc1ccc(Cl)cc1[N+](=O)[O-]. The minimum absolute atomic E-state index is 0.147. The quantitative estimate of drug-likeness (QED) is 0.364. The Labute approximate surface area is 109 Å². The van der Waals surface area contributed by atoms with Gasteiger partial charge in [-0.25, -0.2) is 4.79 Å². The Bertz CT molecular complexity index is 511. The van der Waals surface area contributed by atoms with Crippen LogP contribution in [0.5, 0.6) is 0 Å². The Balaban J connectivity index is 3.14. The third-order valence-corrected chi connectivity index (χ3v) is 2.39. The predicted octanol–water partition coefficient (Wildman–Crippen LogP) is 3.21. The van der Waals surface area contributed by atoms with Gasteiger partial charge in [0.25, 0.3) is 5.69 Å². The summed E-state index contributed by atoms with van der Waals surface area (Å²) < 4.78 is 4.80. The standard InChI is InChI=1S/C12H12ClNO4/c1-3-18-12(15)8(2)6-9-4-5-10(13)7-11(9)14(16)17/h4-7H,3H2,1-2H3. The molecule has 0 heterocycles. The van der Waals surface area contributed by atoms with E-state index in [0.29, 0.717) is 11.1 Å². The van der Waals surface area contributed by atoms with Crippen LogP contribution in [-0.4, -0.2) is 17.5 Å². The van der Waals surface area contributed by atoms with Crippen LogP contribution in [0.4, 0.5) is 5.69 Å². The van der Waals surface area contributed by atoms with Crippen LogP contribution >= 0.6 is 11.6 Å². The predicted molar refractivity (Wildman–Crippen MR) is 68.4 cm³/mol. The number of esters is 1. The van der Waals surface area contributed by atoms with Gasteiger partial charge >= 0.3 is 5.97 Å². The molecular formula is C12H12ClNO4. The first kappa shape index (κ1) is 14.2. The maximum Gasteiger partial charge on any atom is 0.333 e. The number of nitro benzene ring substituents is 1. The zero-order chi connectivity index (χ0) is 13.7. The van der Waals surface area contributed by atoms with E-state index in [1.807, 2.05) is 0 Å². The number of rotatable bonds is 4. The van der Waals surface area contributed by atoms with E-state index >= 15 is 0 Å². The van der Waals surface area contributed by atoms with Crippen molar-refractivity contribution in [2.45, 2.75) is 13.8 Å². The molecule has 18 heavy (non-hydrogen) atoms. The fourth-order valence-electron chi connectivity index (χ4n) is 1.33. The Hall–Kier alpha value is -1.88. The summed E-state index contributed by atoms with van der Waals surface area (Å²) in [6.07, 6.45) is 1.41. The monoisotopic (exact) mass is 269 g/mol. The molecule has 0 radical (unpaired) electrons. The molecule has 1 rings (SSSR count). The lowest BCUT2D eigenvalue weighted by Crippen LogP contribution is -2.05. The van der Waals surface area contributed by atoms with Gasteiger partial charge in [0.1, 0.15) is 0 Å². The Morgan fingerprint density at radius 3 is 2.78 bits per heavy atom. The Kier molecular flexibility index (Phi) is 4.85. The second-order valence-electron chi connectivity index (χ2n) is 3.51. The van der Waals surface area contributed by atoms with E-state index in [9.17, 15) is 14.9 Å². The fourth-order valence-corrected chi connectivity index (χ4v) is 1.50. The van der Waals surface area contributed by atoms with Crippen molar-refractivity contribution in [1.82, 2.24) is 0 Å². The number of hydrogen-bond acceptors (Lipinski definition) is 4. The molecule has 0 fully saturated rings. The van der Waals surface area contributed by atoms with Crippen molar-refractivity contribution in [1.29, 1.82) is 0 Å². The molecule has 6 heteroatoms. The van der Waals surface area contributed by atoms with E-state index in [4.69, 9.17) is 16.3 Å². The summed E-state index contributed by atoms with van der Waals surface area (Å²) >= 11 is 5.69. The van der Waals surface area contributed by atoms with Crippen molar-refractivity contribution in [2.75, 3.05) is 6.61 Å². The average molecular weight is 270 g/mol. The molecule has 0 amide bonds. The van der Waals surface area contributed by atoms with E-state index in [0.717, 1.165) is 0 Å². The third-order valence-electron chi connectivity index (χ3n) is 2.16. The molecular weight excluding hydrogens is 258 g/mol. The molecule has 0 atom stereocenters. The van der Waals surface area contributed by atoms with Gasteiger partial charge in [0.05, 0.1) is 17.1 Å². The minimum Gasteiger partial charge on any atom is -0.463 e. The van der Waals surface area contributed by atoms with Gasteiger partial charge in [0.2, 0.25) is 0 Å². The number of halogens is 1. The topological polar surface area (TPSA) is 69.4 Å². The summed E-state index contributed by atoms with van der Waals surface area (Å²) in [7, 11) is 0. The van der Waals surface area contributed by atoms with E-state index in [1.54, 1.807) is 6.92 Å². The van der Waals surface area contributed by atoms with E-state index in [1.165, 1.54) is 31.2 Å². The van der Waals surface area contributed by atoms with E-state index < -0.39 is 10.9 Å². The molecule has 0 aliphatic heterocycles. The van der Waals surface area contributed by atoms with Crippen molar-refractivity contribution in [2.24, 2.45) is 0 Å². The number of nitro groups is 1. The van der Waals surface area contributed by atoms with Crippen molar-refractivity contribution in [3.63, 3.8) is 0 Å². The van der Waals surface area contributed by atoms with E-state index in [2.05, 4.69) is 0 Å². The van der Waals surface area contributed by atoms with Gasteiger partial charge in [0.15, 0.2) is 0 Å². The van der Waals surface area contributed by atoms with Gasteiger partial charge in [-0.2, -0.15) is 0 Å². The summed E-state index contributed by atoms with van der Waals surface area (Å²) in [4.78, 5) is 21.7. The number of benzene rings is 1. The van der Waals surface area contributed by atoms with Gasteiger partial charge in [0, 0.05) is 16.7 Å². The highest BCUT2D eigenvalue weighted by Gasteiger charge is 2.14. The summed E-state index contributed by atoms with van der Waals surface area (Å²) in [6, 6.07) is 4.26. The summed E-state index contributed by atoms with van der Waals surface area (Å²) in [5, 5.41) is 11.1. The highest BCUT2D eigenvalue weighted by atomic mass is 35.5. The molecule has 96 valence electrons. The zero-order valence-corrected chi connectivity index (χ0v) is 10.7. The second kappa shape index (κ2) is 6.16. The fraction of sp³-hybridized carbons (Fsp3) is 0.250. The Morgan fingerprint density at radius 1 is 1.56 bits per heavy atom. The van der Waals surface area contributed by atoms with Crippen molar-refractivity contribution in [3.8, 4) is 0 Å². The van der Waals surface area contributed by atoms with Crippen molar-refractivity contribution < 1.29 is 14.5 Å². The molecule has 0 aliphatic rings. The molecule has 0 aromatic heterocycles. The van der Waals surface area contributed by atoms with Gasteiger partial charge in [-0.05, 0) is 32.1 Å². The van der Waals surface area contributed by atoms with Crippen molar-refractivity contribution in [3.05, 3.63) is 44.5 Å². The van der Waals surface area contributed by atoms with Crippen LogP contribution in [0.2, 0.25) is 5.02 Å². The smallest absolute Gasteiger partial charge is 0.333 e. The van der Waals surface area contributed by atoms with Crippen LogP contribution in [0.25, 0.3) is 6.08 Å². The highest BCUT2D eigenvalue weighted by molar-refractivity contribution is 6.30. The van der Waals surface area contributed by atoms with Gasteiger partial charge in [-0.3, -0.25) is 10.1 Å². The molecule has 0 saturated heterocycles. The molecule has 0 spiro atoms. The summed E-state index contributed by atoms with van der Waals surface area (Å²) in [5.74, 6) is -0.498. The lowest BCUT2D eigenvalue weighted by molar-refractivity contribution is -0.385. The molecule has 1 aromatic carbocycles.